The van der Waals surface area contributed by atoms with Crippen LogP contribution in [-0.4, -0.2) is 60.7 Å². The molecule has 0 saturated carbocycles. The second kappa shape index (κ2) is 10.8. The number of H-pyrrole nitrogens is 1. The van der Waals surface area contributed by atoms with E-state index in [4.69, 9.17) is 16.3 Å². The van der Waals surface area contributed by atoms with Crippen LogP contribution in [0.15, 0.2) is 53.5 Å². The minimum atomic E-state index is -0.626. The normalized spacial score (nSPS) is 17.1. The van der Waals surface area contributed by atoms with Gasteiger partial charge in [-0.3, -0.25) is 9.59 Å². The second-order valence-corrected chi connectivity index (χ2v) is 9.53. The highest BCUT2D eigenvalue weighted by atomic mass is 35.5. The third kappa shape index (κ3) is 5.07. The molecular weight excluding hydrogens is 509 g/mol. The molecule has 5 rings (SSSR count). The van der Waals surface area contributed by atoms with E-state index in [0.29, 0.717) is 52.9 Å². The molecule has 3 aromatic rings. The number of hydrogen-bond donors (Lipinski definition) is 3. The number of benzene rings is 2. The van der Waals surface area contributed by atoms with Crippen LogP contribution in [0.4, 0.5) is 15.9 Å². The fraction of sp³-hybridized carbons (Fsp3) is 0.250. The van der Waals surface area contributed by atoms with Gasteiger partial charge in [-0.1, -0.05) is 17.7 Å². The van der Waals surface area contributed by atoms with Gasteiger partial charge in [-0.2, -0.15) is 0 Å². The van der Waals surface area contributed by atoms with Crippen molar-refractivity contribution in [2.45, 2.75) is 19.4 Å². The first-order valence-electron chi connectivity index (χ1n) is 12.3. The third-order valence-electron chi connectivity index (χ3n) is 6.67. The van der Waals surface area contributed by atoms with Gasteiger partial charge in [-0.15, -0.1) is 0 Å². The maximum atomic E-state index is 13.2. The molecule has 1 atom stereocenters. The number of carbonyl (C=O) groups is 2. The highest BCUT2D eigenvalue weighted by Gasteiger charge is 2.35. The van der Waals surface area contributed by atoms with Gasteiger partial charge in [0, 0.05) is 60.0 Å². The number of nitrogens with zero attached hydrogens (tertiary/aromatic N) is 2. The Kier molecular flexibility index (Phi) is 7.31. The molecule has 10 heteroatoms. The number of hydrogen-bond acceptors (Lipinski definition) is 5. The van der Waals surface area contributed by atoms with Crippen LogP contribution < -0.4 is 15.4 Å². The lowest BCUT2D eigenvalue weighted by atomic mass is 9.95. The molecule has 1 fully saturated rings. The molecule has 38 heavy (non-hydrogen) atoms. The van der Waals surface area contributed by atoms with Crippen LogP contribution in [0.5, 0.6) is 5.75 Å². The van der Waals surface area contributed by atoms with Gasteiger partial charge in [0.05, 0.1) is 0 Å². The van der Waals surface area contributed by atoms with Crippen molar-refractivity contribution in [3.8, 4) is 5.75 Å². The first-order valence-corrected chi connectivity index (χ1v) is 12.7. The van der Waals surface area contributed by atoms with Crippen LogP contribution in [0.2, 0.25) is 5.02 Å². The molecule has 3 N–H and O–H groups in total. The molecule has 8 nitrogen and oxygen atoms in total. The number of aromatic nitrogens is 1. The number of amides is 2. The molecule has 0 aliphatic carbocycles. The smallest absolute Gasteiger partial charge is 0.272 e. The van der Waals surface area contributed by atoms with Gasteiger partial charge in [0.15, 0.2) is 6.10 Å². The number of carbonyl (C=O) groups excluding carboxylic acids is 2. The Hall–Kier alpha value is -3.95. The average molecular weight is 536 g/mol. The summed E-state index contributed by atoms with van der Waals surface area (Å²) in [6, 6.07) is 10.8. The summed E-state index contributed by atoms with van der Waals surface area (Å²) in [7, 11) is 0. The lowest BCUT2D eigenvalue weighted by Crippen LogP contribution is -2.50. The molecular formula is C28H27ClFN5O3. The van der Waals surface area contributed by atoms with Crippen molar-refractivity contribution in [2.75, 3.05) is 31.5 Å². The van der Waals surface area contributed by atoms with Gasteiger partial charge in [-0.25, -0.2) is 9.38 Å². The summed E-state index contributed by atoms with van der Waals surface area (Å²) in [5.41, 5.74) is 3.58. The number of rotatable bonds is 6. The Morgan fingerprint density at radius 3 is 2.61 bits per heavy atom. The number of aromatic amines is 1. The Morgan fingerprint density at radius 1 is 1.18 bits per heavy atom. The molecule has 2 aliphatic rings. The number of piperazine rings is 1. The highest BCUT2D eigenvalue weighted by Crippen LogP contribution is 2.43. The summed E-state index contributed by atoms with van der Waals surface area (Å²) in [5.74, 6) is 0.125. The maximum Gasteiger partial charge on any atom is 0.272 e. The van der Waals surface area contributed by atoms with Gasteiger partial charge >= 0.3 is 0 Å². The van der Waals surface area contributed by atoms with Gasteiger partial charge in [0.25, 0.3) is 11.8 Å². The van der Waals surface area contributed by atoms with Crippen LogP contribution in [0.1, 0.15) is 34.1 Å². The van der Waals surface area contributed by atoms with E-state index in [2.05, 4.69) is 27.3 Å². The molecule has 2 aliphatic heterocycles. The van der Waals surface area contributed by atoms with Crippen molar-refractivity contribution in [3.05, 3.63) is 81.8 Å². The van der Waals surface area contributed by atoms with E-state index in [9.17, 15) is 14.0 Å². The second-order valence-electron chi connectivity index (χ2n) is 9.09. The number of aliphatic imine (C=N–C) groups is 1. The van der Waals surface area contributed by atoms with Crippen LogP contribution in [0, 0.1) is 5.82 Å². The van der Waals surface area contributed by atoms with Crippen molar-refractivity contribution in [3.63, 3.8) is 0 Å². The molecule has 2 amide bonds. The average Bonchev–Trinajstić information content (AvgIpc) is 3.55. The van der Waals surface area contributed by atoms with Gasteiger partial charge in [-0.05, 0) is 61.7 Å². The molecule has 3 heterocycles. The monoisotopic (exact) mass is 535 g/mol. The SMILES string of the molecule is C=Nc1[nH]c(C(=O)Nc2ccc(F)cc2)cc1/C(=C\C)c1cc(Cl)cc2c1OC(C(=O)N1CCNCC1)C2. The van der Waals surface area contributed by atoms with E-state index in [-0.39, 0.29) is 11.6 Å². The molecule has 1 unspecified atom stereocenters. The van der Waals surface area contributed by atoms with E-state index >= 15 is 0 Å². The molecule has 1 aromatic heterocycles. The quantitative estimate of drug-likeness (QED) is 0.402. The fourth-order valence-electron chi connectivity index (χ4n) is 4.83. The zero-order chi connectivity index (χ0) is 26.8. The van der Waals surface area contributed by atoms with Crippen molar-refractivity contribution in [1.29, 1.82) is 0 Å². The molecule has 0 spiro atoms. The minimum absolute atomic E-state index is 0.0401. The Labute approximate surface area is 224 Å². The van der Waals surface area contributed by atoms with Crippen LogP contribution in [0.25, 0.3) is 5.57 Å². The van der Waals surface area contributed by atoms with Crippen molar-refractivity contribution in [2.24, 2.45) is 4.99 Å². The number of nitrogens with one attached hydrogen (secondary N) is 3. The zero-order valence-corrected chi connectivity index (χ0v) is 21.6. The zero-order valence-electron chi connectivity index (χ0n) is 20.8. The number of allylic oxidation sites excluding steroid dienone is 1. The summed E-state index contributed by atoms with van der Waals surface area (Å²) in [5, 5.41) is 6.50. The van der Waals surface area contributed by atoms with E-state index < -0.39 is 17.8 Å². The number of halogens is 2. The molecule has 2 aromatic carbocycles. The maximum absolute atomic E-state index is 13.2. The highest BCUT2D eigenvalue weighted by molar-refractivity contribution is 6.31. The Morgan fingerprint density at radius 2 is 1.92 bits per heavy atom. The van der Waals surface area contributed by atoms with Gasteiger partial charge < -0.3 is 25.3 Å². The van der Waals surface area contributed by atoms with E-state index in [0.717, 1.165) is 24.2 Å². The Balaban J connectivity index is 1.44. The van der Waals surface area contributed by atoms with Gasteiger partial charge in [0.1, 0.15) is 23.1 Å². The predicted molar refractivity (Wildman–Crippen MR) is 146 cm³/mol. The van der Waals surface area contributed by atoms with E-state index in [1.165, 1.54) is 24.3 Å². The summed E-state index contributed by atoms with van der Waals surface area (Å²) >= 11 is 6.50. The van der Waals surface area contributed by atoms with Crippen LogP contribution >= 0.6 is 11.6 Å². The van der Waals surface area contributed by atoms with Gasteiger partial charge in [0.2, 0.25) is 0 Å². The molecule has 196 valence electrons. The molecule has 0 bridgehead atoms. The van der Waals surface area contributed by atoms with E-state index in [1.54, 1.807) is 12.1 Å². The fourth-order valence-corrected chi connectivity index (χ4v) is 5.08. The predicted octanol–water partition coefficient (Wildman–Crippen LogP) is 4.58. The molecule has 1 saturated heterocycles. The molecule has 0 radical (unpaired) electrons. The Bertz CT molecular complexity index is 1430. The van der Waals surface area contributed by atoms with Crippen molar-refractivity contribution >= 4 is 47.2 Å². The van der Waals surface area contributed by atoms with Crippen molar-refractivity contribution in [1.82, 2.24) is 15.2 Å². The topological polar surface area (TPSA) is 98.8 Å². The first-order chi connectivity index (χ1) is 18.4. The first kappa shape index (κ1) is 25.7. The lowest BCUT2D eigenvalue weighted by molar-refractivity contribution is -0.138. The summed E-state index contributed by atoms with van der Waals surface area (Å²) < 4.78 is 19.5. The standard InChI is InChI=1S/C28H27ClFN5O3/c1-3-20(22-15-23(34-26(22)31-2)27(36)33-19-6-4-18(30)5-7-19)21-14-17(29)12-16-13-24(38-25(16)21)28(37)35-10-8-32-9-11-35/h3-7,12,14-15,24,32,34H,2,8-11,13H2,1H3,(H,33,36)/b20-3-. The number of fused-ring (bicyclic) bond motifs is 1. The number of ether oxygens (including phenoxy) is 1. The van der Waals surface area contributed by atoms with Crippen LogP contribution in [-0.2, 0) is 11.2 Å². The largest absolute Gasteiger partial charge is 0.479 e. The summed E-state index contributed by atoms with van der Waals surface area (Å²) in [6.07, 6.45) is 1.67. The minimum Gasteiger partial charge on any atom is -0.479 e. The number of anilines is 1. The third-order valence-corrected chi connectivity index (χ3v) is 6.89. The van der Waals surface area contributed by atoms with Crippen molar-refractivity contribution < 1.29 is 18.7 Å². The van der Waals surface area contributed by atoms with Crippen LogP contribution in [0.3, 0.4) is 0 Å². The van der Waals surface area contributed by atoms with E-state index in [1.807, 2.05) is 24.0 Å². The summed E-state index contributed by atoms with van der Waals surface area (Å²) in [6.45, 7) is 8.31. The lowest BCUT2D eigenvalue weighted by Gasteiger charge is -2.29. The summed E-state index contributed by atoms with van der Waals surface area (Å²) in [4.78, 5) is 35.0.